The summed E-state index contributed by atoms with van der Waals surface area (Å²) in [5.41, 5.74) is 0.584. The van der Waals surface area contributed by atoms with Crippen LogP contribution in [0.25, 0.3) is 21.6 Å². The standard InChI is InChI=1S/C45H60N6O9S2/c1-25(2)32-24-61-39(47-32)31-21-34(29-17-18-33(58-9)26(3)36(29)46-31)59-35-23-51-37(27(35)4)38(52)49-45(41(54)50-62(56,57)44(8)19-20-44)22-28(45)15-13-11-10-12-14-16-30(40(51)53)48-42(55)60-43(5,6)7/h13,15,17-18,21,24-25,27-28,30,35,37H,10-12,14,16,19-20,22-23H2,1-9H3,(H,48,55)(H,49,52)(H,50,54)/b15-13-/t27?,28-,30+,35+,37+,45-/m1/s1. The molecule has 0 spiro atoms. The fourth-order valence-corrected chi connectivity index (χ4v) is 10.6. The molecule has 1 unspecified atom stereocenters. The quantitative estimate of drug-likeness (QED) is 0.194. The molecule has 3 fully saturated rings. The van der Waals surface area contributed by atoms with E-state index in [1.165, 1.54) is 16.2 Å². The second kappa shape index (κ2) is 17.1. The van der Waals surface area contributed by atoms with E-state index in [1.54, 1.807) is 34.8 Å². The van der Waals surface area contributed by atoms with Gasteiger partial charge in [0.25, 0.3) is 5.91 Å². The van der Waals surface area contributed by atoms with Crippen LogP contribution in [0, 0.1) is 18.8 Å². The molecule has 2 saturated carbocycles. The Balaban J connectivity index is 1.27. The van der Waals surface area contributed by atoms with Crippen LogP contribution in [-0.4, -0.2) is 94.8 Å². The number of hydrogen-bond donors (Lipinski definition) is 3. The maximum Gasteiger partial charge on any atom is 0.408 e. The lowest BCUT2D eigenvalue weighted by atomic mass is 9.98. The van der Waals surface area contributed by atoms with Gasteiger partial charge in [-0.3, -0.25) is 19.1 Å². The van der Waals surface area contributed by atoms with Crippen LogP contribution in [0.3, 0.4) is 0 Å². The summed E-state index contributed by atoms with van der Waals surface area (Å²) in [6.45, 7) is 14.6. The molecule has 336 valence electrons. The summed E-state index contributed by atoms with van der Waals surface area (Å²) in [7, 11) is -2.43. The minimum atomic E-state index is -4.02. The number of aryl methyl sites for hydroxylation is 1. The van der Waals surface area contributed by atoms with E-state index in [-0.39, 0.29) is 18.9 Å². The van der Waals surface area contributed by atoms with Crippen molar-refractivity contribution in [2.24, 2.45) is 11.8 Å². The average molecular weight is 893 g/mol. The Morgan fingerprint density at radius 1 is 1.08 bits per heavy atom. The maximum absolute atomic E-state index is 14.9. The van der Waals surface area contributed by atoms with Gasteiger partial charge in [-0.1, -0.05) is 45.8 Å². The first-order valence-corrected chi connectivity index (χ1v) is 24.0. The average Bonchev–Trinajstić information content (AvgIpc) is 4.00. The van der Waals surface area contributed by atoms with Gasteiger partial charge < -0.3 is 29.7 Å². The number of fused-ring (bicyclic) bond motifs is 3. The van der Waals surface area contributed by atoms with Crippen LogP contribution >= 0.6 is 11.3 Å². The summed E-state index contributed by atoms with van der Waals surface area (Å²) in [5.74, 6) is -1.73. The summed E-state index contributed by atoms with van der Waals surface area (Å²) in [4.78, 5) is 68.4. The van der Waals surface area contributed by atoms with Crippen molar-refractivity contribution in [2.45, 2.75) is 147 Å². The summed E-state index contributed by atoms with van der Waals surface area (Å²) < 4.78 is 46.0. The molecule has 4 aliphatic rings. The first-order chi connectivity index (χ1) is 29.2. The van der Waals surface area contributed by atoms with E-state index in [4.69, 9.17) is 24.2 Å². The molecule has 15 nitrogen and oxygen atoms in total. The first kappa shape index (κ1) is 45.3. The van der Waals surface area contributed by atoms with E-state index in [1.807, 2.05) is 49.6 Å². The van der Waals surface area contributed by atoms with Crippen molar-refractivity contribution in [2.75, 3.05) is 13.7 Å². The normalized spacial score (nSPS) is 26.9. The number of methoxy groups -OCH3 is 1. The largest absolute Gasteiger partial charge is 0.496 e. The number of carbonyl (C=O) groups excluding carboxylic acids is 4. The fourth-order valence-electron chi connectivity index (χ4n) is 8.36. The number of ether oxygens (including phenoxy) is 3. The lowest BCUT2D eigenvalue weighted by molar-refractivity contribution is -0.142. The molecule has 3 aromatic rings. The molecule has 0 radical (unpaired) electrons. The van der Waals surface area contributed by atoms with E-state index < -0.39 is 79.7 Å². The van der Waals surface area contributed by atoms with Gasteiger partial charge in [0.1, 0.15) is 51.5 Å². The van der Waals surface area contributed by atoms with Crippen molar-refractivity contribution in [3.8, 4) is 22.2 Å². The number of nitrogens with one attached hydrogen (secondary N) is 3. The predicted molar refractivity (Wildman–Crippen MR) is 236 cm³/mol. The number of allylic oxidation sites excluding steroid dienone is 1. The number of carbonyl (C=O) groups is 4. The number of aromatic nitrogens is 2. The number of thiazole rings is 1. The smallest absolute Gasteiger partial charge is 0.408 e. The van der Waals surface area contributed by atoms with Crippen LogP contribution in [0.4, 0.5) is 4.79 Å². The lowest BCUT2D eigenvalue weighted by Crippen LogP contribution is -2.59. The van der Waals surface area contributed by atoms with Crippen LogP contribution in [0.1, 0.15) is 117 Å². The highest BCUT2D eigenvalue weighted by Gasteiger charge is 2.63. The van der Waals surface area contributed by atoms with Crippen molar-refractivity contribution < 1.29 is 41.8 Å². The number of pyridine rings is 1. The van der Waals surface area contributed by atoms with Gasteiger partial charge in [0, 0.05) is 34.2 Å². The van der Waals surface area contributed by atoms with Crippen molar-refractivity contribution in [1.29, 1.82) is 0 Å². The Morgan fingerprint density at radius 2 is 1.82 bits per heavy atom. The van der Waals surface area contributed by atoms with E-state index in [2.05, 4.69) is 29.2 Å². The van der Waals surface area contributed by atoms with Gasteiger partial charge in [0.2, 0.25) is 21.8 Å². The summed E-state index contributed by atoms with van der Waals surface area (Å²) in [6, 6.07) is 3.33. The zero-order valence-electron chi connectivity index (χ0n) is 37.1. The number of nitrogens with zero attached hydrogens (tertiary/aromatic N) is 3. The number of sulfonamides is 1. The molecule has 6 atom stereocenters. The number of amides is 4. The second-order valence-corrected chi connectivity index (χ2v) is 22.0. The minimum Gasteiger partial charge on any atom is -0.496 e. The summed E-state index contributed by atoms with van der Waals surface area (Å²) >= 11 is 1.48. The van der Waals surface area contributed by atoms with Gasteiger partial charge in [0.05, 0.1) is 29.6 Å². The van der Waals surface area contributed by atoms with Crippen molar-refractivity contribution in [3.63, 3.8) is 0 Å². The van der Waals surface area contributed by atoms with Gasteiger partial charge in [-0.2, -0.15) is 0 Å². The maximum atomic E-state index is 14.9. The third-order valence-corrected chi connectivity index (χ3v) is 15.7. The molecule has 3 N–H and O–H groups in total. The van der Waals surface area contributed by atoms with E-state index in [9.17, 15) is 27.6 Å². The molecule has 17 heteroatoms. The SMILES string of the molecule is COc1ccc2c(O[C@H]3CN4C(=O)[C@@H](NC(=O)OC(C)(C)C)CCCCC/C=C\[C@@H]5C[C@@]5(C(=O)NS(=O)(=O)C5(C)CC5)NC(=O)[C@@H]4C3C)cc(-c3nc(C(C)C)cs3)nc2c1C. The highest BCUT2D eigenvalue weighted by molar-refractivity contribution is 7.91. The molecular weight excluding hydrogens is 833 g/mol. The Bertz CT molecular complexity index is 2390. The second-order valence-electron chi connectivity index (χ2n) is 18.9. The molecule has 7 rings (SSSR count). The molecule has 4 amide bonds. The molecule has 62 heavy (non-hydrogen) atoms. The number of benzene rings is 1. The lowest BCUT2D eigenvalue weighted by Gasteiger charge is -2.31. The van der Waals surface area contributed by atoms with E-state index in [0.717, 1.165) is 24.1 Å². The van der Waals surface area contributed by atoms with Gasteiger partial charge in [-0.25, -0.2) is 23.2 Å². The van der Waals surface area contributed by atoms with Crippen LogP contribution < -0.4 is 24.8 Å². The molecule has 1 saturated heterocycles. The number of rotatable bonds is 9. The van der Waals surface area contributed by atoms with Crippen LogP contribution in [-0.2, 0) is 29.1 Å². The van der Waals surface area contributed by atoms with E-state index in [0.29, 0.717) is 65.2 Å². The third-order valence-electron chi connectivity index (χ3n) is 12.6. The summed E-state index contributed by atoms with van der Waals surface area (Å²) in [5, 5.41) is 9.16. The topological polar surface area (TPSA) is 195 Å². The zero-order valence-corrected chi connectivity index (χ0v) is 38.8. The zero-order chi connectivity index (χ0) is 44.9. The fraction of sp³-hybridized carbons (Fsp3) is 0.600. The Kier molecular flexibility index (Phi) is 12.5. The molecule has 2 aliphatic heterocycles. The summed E-state index contributed by atoms with van der Waals surface area (Å²) in [6.07, 6.45) is 6.48. The first-order valence-electron chi connectivity index (χ1n) is 21.6. The van der Waals surface area contributed by atoms with Crippen LogP contribution in [0.2, 0.25) is 0 Å². The van der Waals surface area contributed by atoms with Gasteiger partial charge >= 0.3 is 6.09 Å². The molecule has 0 bridgehead atoms. The van der Waals surface area contributed by atoms with Crippen molar-refractivity contribution >= 4 is 56.1 Å². The predicted octanol–water partition coefficient (Wildman–Crippen LogP) is 6.68. The third kappa shape index (κ3) is 9.15. The van der Waals surface area contributed by atoms with Gasteiger partial charge in [-0.15, -0.1) is 11.3 Å². The van der Waals surface area contributed by atoms with Crippen LogP contribution in [0.15, 0.2) is 35.7 Å². The van der Waals surface area contributed by atoms with E-state index >= 15 is 0 Å². The molecule has 2 aromatic heterocycles. The van der Waals surface area contributed by atoms with Crippen molar-refractivity contribution in [1.82, 2.24) is 30.2 Å². The Morgan fingerprint density at radius 3 is 2.48 bits per heavy atom. The monoisotopic (exact) mass is 892 g/mol. The molecule has 4 heterocycles. The highest BCUT2D eigenvalue weighted by atomic mass is 32.2. The minimum absolute atomic E-state index is 0.0388. The number of alkyl carbamates (subject to hydrolysis) is 1. The molecule has 1 aromatic carbocycles. The van der Waals surface area contributed by atoms with Crippen molar-refractivity contribution in [3.05, 3.63) is 47.0 Å². The van der Waals surface area contributed by atoms with Crippen LogP contribution in [0.5, 0.6) is 11.5 Å². The Hall–Kier alpha value is -4.77. The number of hydrogen-bond acceptors (Lipinski definition) is 12. The Labute approximate surface area is 368 Å². The van der Waals surface area contributed by atoms with Gasteiger partial charge in [0.15, 0.2) is 0 Å². The van der Waals surface area contributed by atoms with Gasteiger partial charge in [-0.05, 0) is 91.2 Å². The highest BCUT2D eigenvalue weighted by Crippen LogP contribution is 2.48. The molecule has 2 aliphatic carbocycles. The molecular formula is C45H60N6O9S2.